The minimum absolute atomic E-state index is 0.232. The quantitative estimate of drug-likeness (QED) is 0.0842. The van der Waals surface area contributed by atoms with Crippen LogP contribution in [0.4, 0.5) is 5.69 Å². The van der Waals surface area contributed by atoms with Crippen molar-refractivity contribution in [3.05, 3.63) is 106 Å². The third-order valence-corrected chi connectivity index (χ3v) is 6.51. The molecule has 0 fully saturated rings. The molecule has 0 radical (unpaired) electrons. The zero-order chi connectivity index (χ0) is 32.3. The average molecular weight is 632 g/mol. The third kappa shape index (κ3) is 8.30. The van der Waals surface area contributed by atoms with E-state index in [0.717, 1.165) is 0 Å². The molecular formula is C33H30ClN3O8. The highest BCUT2D eigenvalue weighted by Crippen LogP contribution is 2.38. The summed E-state index contributed by atoms with van der Waals surface area (Å²) in [4.78, 5) is 38.0. The second kappa shape index (κ2) is 15.3. The van der Waals surface area contributed by atoms with E-state index in [1.54, 1.807) is 73.7 Å². The lowest BCUT2D eigenvalue weighted by Gasteiger charge is -2.14. The van der Waals surface area contributed by atoms with Gasteiger partial charge in [-0.1, -0.05) is 11.6 Å². The molecule has 0 heterocycles. The lowest BCUT2D eigenvalue weighted by atomic mass is 10.1. The molecule has 12 heteroatoms. The number of benzene rings is 4. The molecule has 232 valence electrons. The number of esters is 1. The van der Waals surface area contributed by atoms with Crippen molar-refractivity contribution in [1.82, 2.24) is 5.43 Å². The molecule has 0 aliphatic rings. The summed E-state index contributed by atoms with van der Waals surface area (Å²) >= 11 is 5.89. The fourth-order valence-corrected chi connectivity index (χ4v) is 4.18. The van der Waals surface area contributed by atoms with Gasteiger partial charge in [-0.2, -0.15) is 5.10 Å². The van der Waals surface area contributed by atoms with Gasteiger partial charge in [0.2, 0.25) is 5.75 Å². The molecule has 2 amide bonds. The van der Waals surface area contributed by atoms with Crippen LogP contribution in [0.15, 0.2) is 84.0 Å². The highest BCUT2D eigenvalue weighted by molar-refractivity contribution is 6.30. The average Bonchev–Trinajstić information content (AvgIpc) is 3.05. The molecule has 0 saturated carbocycles. The van der Waals surface area contributed by atoms with E-state index in [9.17, 15) is 14.4 Å². The number of carbonyl (C=O) groups excluding carboxylic acids is 3. The number of nitrogens with zero attached hydrogens (tertiary/aromatic N) is 1. The van der Waals surface area contributed by atoms with Gasteiger partial charge in [-0.15, -0.1) is 0 Å². The van der Waals surface area contributed by atoms with E-state index in [2.05, 4.69) is 15.8 Å². The maximum atomic E-state index is 12.9. The van der Waals surface area contributed by atoms with Crippen LogP contribution in [-0.4, -0.2) is 51.9 Å². The van der Waals surface area contributed by atoms with Crippen molar-refractivity contribution in [2.24, 2.45) is 5.10 Å². The number of amides is 2. The Morgan fingerprint density at radius 1 is 0.733 bits per heavy atom. The summed E-state index contributed by atoms with van der Waals surface area (Å²) in [6, 6.07) is 20.6. The molecule has 4 aromatic rings. The van der Waals surface area contributed by atoms with Crippen molar-refractivity contribution < 1.29 is 38.1 Å². The summed E-state index contributed by atoms with van der Waals surface area (Å²) in [5, 5.41) is 7.30. The van der Waals surface area contributed by atoms with Crippen LogP contribution in [0, 0.1) is 0 Å². The first kappa shape index (κ1) is 32.4. The van der Waals surface area contributed by atoms with Gasteiger partial charge >= 0.3 is 5.97 Å². The zero-order valence-electron chi connectivity index (χ0n) is 24.9. The Balaban J connectivity index is 1.37. The van der Waals surface area contributed by atoms with E-state index >= 15 is 0 Å². The van der Waals surface area contributed by atoms with Gasteiger partial charge in [0.15, 0.2) is 23.0 Å². The van der Waals surface area contributed by atoms with Crippen LogP contribution in [0.5, 0.6) is 28.7 Å². The number of hydrazone groups is 1. The Morgan fingerprint density at radius 2 is 1.38 bits per heavy atom. The molecule has 45 heavy (non-hydrogen) atoms. The van der Waals surface area contributed by atoms with Crippen LogP contribution in [0.25, 0.3) is 0 Å². The number of halogens is 1. The van der Waals surface area contributed by atoms with Gasteiger partial charge in [0.1, 0.15) is 0 Å². The van der Waals surface area contributed by atoms with Crippen LogP contribution in [0.1, 0.15) is 43.6 Å². The van der Waals surface area contributed by atoms with E-state index in [0.29, 0.717) is 62.6 Å². The molecule has 0 aromatic heterocycles. The number of carbonyl (C=O) groups is 3. The Labute approximate surface area is 264 Å². The van der Waals surface area contributed by atoms with Gasteiger partial charge in [-0.25, -0.2) is 10.2 Å². The van der Waals surface area contributed by atoms with Gasteiger partial charge in [-0.05, 0) is 91.3 Å². The lowest BCUT2D eigenvalue weighted by Crippen LogP contribution is -2.18. The summed E-state index contributed by atoms with van der Waals surface area (Å²) in [5.74, 6) is 0.190. The van der Waals surface area contributed by atoms with Crippen molar-refractivity contribution in [2.45, 2.75) is 6.92 Å². The number of methoxy groups -OCH3 is 3. The van der Waals surface area contributed by atoms with Gasteiger partial charge in [0.25, 0.3) is 11.8 Å². The Bertz CT molecular complexity index is 1680. The van der Waals surface area contributed by atoms with E-state index < -0.39 is 17.8 Å². The van der Waals surface area contributed by atoms with Gasteiger partial charge in [0.05, 0.1) is 39.7 Å². The maximum Gasteiger partial charge on any atom is 0.343 e. The molecule has 11 nitrogen and oxygen atoms in total. The Kier molecular flexibility index (Phi) is 11.0. The summed E-state index contributed by atoms with van der Waals surface area (Å²) in [6.07, 6.45) is 1.43. The zero-order valence-corrected chi connectivity index (χ0v) is 25.6. The summed E-state index contributed by atoms with van der Waals surface area (Å²) < 4.78 is 27.0. The monoisotopic (exact) mass is 631 g/mol. The first-order valence-electron chi connectivity index (χ1n) is 13.6. The molecular weight excluding hydrogens is 602 g/mol. The highest BCUT2D eigenvalue weighted by Gasteiger charge is 2.18. The molecule has 4 aromatic carbocycles. The normalized spacial score (nSPS) is 10.6. The predicted octanol–water partition coefficient (Wildman–Crippen LogP) is 6.00. The van der Waals surface area contributed by atoms with Gasteiger partial charge in [0, 0.05) is 21.8 Å². The van der Waals surface area contributed by atoms with Crippen molar-refractivity contribution in [3.8, 4) is 28.7 Å². The van der Waals surface area contributed by atoms with E-state index in [1.807, 2.05) is 0 Å². The molecule has 0 saturated heterocycles. The standard InChI is InChI=1S/C33H30ClN3O8/c1-5-44-27-16-20(6-15-26(27)45-33(40)22-7-11-24(34)12-8-22)19-35-37-32(39)21-9-13-25(14-10-21)36-31(38)23-17-28(41-2)30(43-4)29(18-23)42-3/h6-19H,5H2,1-4H3,(H,36,38)(H,37,39)/b35-19-. The van der Waals surface area contributed by atoms with Crippen LogP contribution >= 0.6 is 11.6 Å². The molecule has 0 bridgehead atoms. The van der Waals surface area contributed by atoms with Crippen molar-refractivity contribution in [2.75, 3.05) is 33.3 Å². The summed E-state index contributed by atoms with van der Waals surface area (Å²) in [5.41, 5.74) is 4.47. The van der Waals surface area contributed by atoms with Crippen molar-refractivity contribution >= 4 is 41.3 Å². The van der Waals surface area contributed by atoms with Gasteiger partial charge in [-0.3, -0.25) is 9.59 Å². The fraction of sp³-hybridized carbons (Fsp3) is 0.152. The van der Waals surface area contributed by atoms with Crippen LogP contribution < -0.4 is 34.4 Å². The van der Waals surface area contributed by atoms with Crippen molar-refractivity contribution in [1.29, 1.82) is 0 Å². The minimum Gasteiger partial charge on any atom is -0.493 e. The van der Waals surface area contributed by atoms with E-state index in [4.69, 9.17) is 35.3 Å². The fourth-order valence-electron chi connectivity index (χ4n) is 4.05. The highest BCUT2D eigenvalue weighted by atomic mass is 35.5. The Hall–Kier alpha value is -5.55. The third-order valence-electron chi connectivity index (χ3n) is 6.26. The van der Waals surface area contributed by atoms with E-state index in [1.165, 1.54) is 39.7 Å². The molecule has 0 atom stereocenters. The second-order valence-corrected chi connectivity index (χ2v) is 9.62. The second-order valence-electron chi connectivity index (χ2n) is 9.18. The maximum absolute atomic E-state index is 12.9. The van der Waals surface area contributed by atoms with Crippen LogP contribution in [0.2, 0.25) is 5.02 Å². The first-order valence-corrected chi connectivity index (χ1v) is 13.9. The number of rotatable bonds is 12. The first-order chi connectivity index (χ1) is 21.8. The molecule has 4 rings (SSSR count). The Morgan fingerprint density at radius 3 is 1.98 bits per heavy atom. The molecule has 0 aliphatic heterocycles. The number of anilines is 1. The minimum atomic E-state index is -0.562. The largest absolute Gasteiger partial charge is 0.493 e. The lowest BCUT2D eigenvalue weighted by molar-refractivity contribution is 0.0728. The van der Waals surface area contributed by atoms with Gasteiger partial charge < -0.3 is 29.0 Å². The number of hydrogen-bond donors (Lipinski definition) is 2. The predicted molar refractivity (Wildman–Crippen MR) is 170 cm³/mol. The van der Waals surface area contributed by atoms with Crippen LogP contribution in [-0.2, 0) is 0 Å². The number of ether oxygens (including phenoxy) is 5. The van der Waals surface area contributed by atoms with Crippen molar-refractivity contribution in [3.63, 3.8) is 0 Å². The molecule has 0 unspecified atom stereocenters. The number of hydrogen-bond acceptors (Lipinski definition) is 9. The summed E-state index contributed by atoms with van der Waals surface area (Å²) in [6.45, 7) is 2.14. The molecule has 0 spiro atoms. The SMILES string of the molecule is CCOc1cc(/C=N\NC(=O)c2ccc(NC(=O)c3cc(OC)c(OC)c(OC)c3)cc2)ccc1OC(=O)c1ccc(Cl)cc1. The topological polar surface area (TPSA) is 134 Å². The van der Waals surface area contributed by atoms with Crippen LogP contribution in [0.3, 0.4) is 0 Å². The summed E-state index contributed by atoms with van der Waals surface area (Å²) in [7, 11) is 4.40. The molecule has 0 aliphatic carbocycles. The molecule has 2 N–H and O–H groups in total. The number of nitrogens with one attached hydrogen (secondary N) is 2. The smallest absolute Gasteiger partial charge is 0.343 e. The van der Waals surface area contributed by atoms with E-state index in [-0.39, 0.29) is 5.75 Å².